The van der Waals surface area contributed by atoms with Crippen molar-refractivity contribution in [1.29, 1.82) is 0 Å². The van der Waals surface area contributed by atoms with Crippen molar-refractivity contribution in [3.05, 3.63) is 53.9 Å². The predicted octanol–water partition coefficient (Wildman–Crippen LogP) is 2.00. The summed E-state index contributed by atoms with van der Waals surface area (Å²) in [6, 6.07) is 9.83. The minimum absolute atomic E-state index is 0.0416. The molecule has 0 spiro atoms. The molecule has 1 aromatic carbocycles. The Morgan fingerprint density at radius 1 is 1.37 bits per heavy atom. The Kier molecular flexibility index (Phi) is 3.23. The van der Waals surface area contributed by atoms with Crippen LogP contribution in [0.5, 0.6) is 5.75 Å². The first-order chi connectivity index (χ1) is 9.33. The van der Waals surface area contributed by atoms with E-state index < -0.39 is 0 Å². The molecule has 4 heteroatoms. The van der Waals surface area contributed by atoms with E-state index in [1.165, 1.54) is 5.56 Å². The summed E-state index contributed by atoms with van der Waals surface area (Å²) in [5, 5.41) is 2.95. The maximum absolute atomic E-state index is 11.8. The monoisotopic (exact) mass is 256 g/mol. The summed E-state index contributed by atoms with van der Waals surface area (Å²) in [6.07, 6.45) is 4.39. The van der Waals surface area contributed by atoms with Crippen molar-refractivity contribution in [2.24, 2.45) is 5.92 Å². The fourth-order valence-corrected chi connectivity index (χ4v) is 2.33. The molecule has 0 aliphatic carbocycles. The standard InChI is InChI=1S/C15H16N2O2/c18-15(13-5-6-16-9-13)17-8-11-7-12-3-1-2-4-14(12)19-10-11/h1-6,9,11,16H,7-8,10H2,(H,17,18). The minimum atomic E-state index is -0.0416. The molecule has 1 aliphatic rings. The zero-order valence-electron chi connectivity index (χ0n) is 10.6. The summed E-state index contributed by atoms with van der Waals surface area (Å²) in [7, 11) is 0. The van der Waals surface area contributed by atoms with Crippen LogP contribution in [0.4, 0.5) is 0 Å². The van der Waals surface area contributed by atoms with Crippen molar-refractivity contribution in [2.75, 3.05) is 13.2 Å². The summed E-state index contributed by atoms with van der Waals surface area (Å²) in [5.74, 6) is 1.26. The first kappa shape index (κ1) is 11.8. The number of aromatic nitrogens is 1. The van der Waals surface area contributed by atoms with Gasteiger partial charge in [-0.15, -0.1) is 0 Å². The van der Waals surface area contributed by atoms with Crippen molar-refractivity contribution in [3.63, 3.8) is 0 Å². The van der Waals surface area contributed by atoms with Crippen molar-refractivity contribution in [1.82, 2.24) is 10.3 Å². The lowest BCUT2D eigenvalue weighted by atomic mass is 9.97. The van der Waals surface area contributed by atoms with E-state index in [9.17, 15) is 4.79 Å². The highest BCUT2D eigenvalue weighted by Crippen LogP contribution is 2.26. The number of aromatic amines is 1. The minimum Gasteiger partial charge on any atom is -0.493 e. The molecule has 0 saturated carbocycles. The van der Waals surface area contributed by atoms with Crippen molar-refractivity contribution >= 4 is 5.91 Å². The summed E-state index contributed by atoms with van der Waals surface area (Å²) >= 11 is 0. The Bertz CT molecular complexity index is 563. The van der Waals surface area contributed by atoms with Crippen LogP contribution in [-0.4, -0.2) is 24.0 Å². The molecule has 1 atom stereocenters. The molecule has 0 saturated heterocycles. The van der Waals surface area contributed by atoms with Gasteiger partial charge in [-0.05, 0) is 24.1 Å². The van der Waals surface area contributed by atoms with E-state index in [0.717, 1.165) is 12.2 Å². The molecule has 1 unspecified atom stereocenters. The van der Waals surface area contributed by atoms with Gasteiger partial charge in [0.15, 0.2) is 0 Å². The van der Waals surface area contributed by atoms with E-state index in [1.54, 1.807) is 18.5 Å². The summed E-state index contributed by atoms with van der Waals surface area (Å²) in [4.78, 5) is 14.7. The van der Waals surface area contributed by atoms with Crippen LogP contribution in [0.3, 0.4) is 0 Å². The molecule has 2 heterocycles. The third-order valence-corrected chi connectivity index (χ3v) is 3.37. The third-order valence-electron chi connectivity index (χ3n) is 3.37. The smallest absolute Gasteiger partial charge is 0.252 e. The lowest BCUT2D eigenvalue weighted by Crippen LogP contribution is -2.34. The number of fused-ring (bicyclic) bond motifs is 1. The second-order valence-electron chi connectivity index (χ2n) is 4.80. The second kappa shape index (κ2) is 5.18. The number of hydrogen-bond donors (Lipinski definition) is 2. The Hall–Kier alpha value is -2.23. The number of nitrogens with one attached hydrogen (secondary N) is 2. The Labute approximate surface area is 111 Å². The average molecular weight is 256 g/mol. The topological polar surface area (TPSA) is 54.1 Å². The van der Waals surface area contributed by atoms with Crippen LogP contribution in [0.15, 0.2) is 42.7 Å². The van der Waals surface area contributed by atoms with Gasteiger partial charge in [0.2, 0.25) is 0 Å². The summed E-state index contributed by atoms with van der Waals surface area (Å²) < 4.78 is 5.70. The van der Waals surface area contributed by atoms with E-state index in [0.29, 0.717) is 24.6 Å². The predicted molar refractivity (Wildman–Crippen MR) is 72.3 cm³/mol. The SMILES string of the molecule is O=C(NCC1COc2ccccc2C1)c1cc[nH]c1. The summed E-state index contributed by atoms with van der Waals surface area (Å²) in [5.41, 5.74) is 1.88. The number of para-hydroxylation sites is 1. The van der Waals surface area contributed by atoms with Crippen LogP contribution in [0.1, 0.15) is 15.9 Å². The normalized spacial score (nSPS) is 17.4. The van der Waals surface area contributed by atoms with Gasteiger partial charge in [-0.3, -0.25) is 4.79 Å². The van der Waals surface area contributed by atoms with E-state index in [4.69, 9.17) is 4.74 Å². The second-order valence-corrected chi connectivity index (χ2v) is 4.80. The van der Waals surface area contributed by atoms with Gasteiger partial charge < -0.3 is 15.0 Å². The summed E-state index contributed by atoms with van der Waals surface area (Å²) in [6.45, 7) is 1.29. The molecule has 0 fully saturated rings. The number of H-pyrrole nitrogens is 1. The fraction of sp³-hybridized carbons (Fsp3) is 0.267. The highest BCUT2D eigenvalue weighted by molar-refractivity contribution is 5.93. The molecule has 3 rings (SSSR count). The highest BCUT2D eigenvalue weighted by atomic mass is 16.5. The van der Waals surface area contributed by atoms with Crippen molar-refractivity contribution in [2.45, 2.75) is 6.42 Å². The molecule has 1 aliphatic heterocycles. The van der Waals surface area contributed by atoms with Gasteiger partial charge in [-0.25, -0.2) is 0 Å². The zero-order chi connectivity index (χ0) is 13.1. The molecule has 0 bridgehead atoms. The van der Waals surface area contributed by atoms with Gasteiger partial charge in [-0.2, -0.15) is 0 Å². The van der Waals surface area contributed by atoms with Gasteiger partial charge in [0.1, 0.15) is 5.75 Å². The lowest BCUT2D eigenvalue weighted by molar-refractivity contribution is 0.0939. The first-order valence-corrected chi connectivity index (χ1v) is 6.44. The molecule has 2 N–H and O–H groups in total. The van der Waals surface area contributed by atoms with E-state index in [-0.39, 0.29) is 5.91 Å². The van der Waals surface area contributed by atoms with Crippen LogP contribution in [-0.2, 0) is 6.42 Å². The molecule has 98 valence electrons. The van der Waals surface area contributed by atoms with Gasteiger partial charge >= 0.3 is 0 Å². The molecule has 1 aromatic heterocycles. The van der Waals surface area contributed by atoms with E-state index in [1.807, 2.05) is 18.2 Å². The number of rotatable bonds is 3. The van der Waals surface area contributed by atoms with Gasteiger partial charge in [-0.1, -0.05) is 18.2 Å². The molecule has 4 nitrogen and oxygen atoms in total. The maximum Gasteiger partial charge on any atom is 0.252 e. The molecule has 1 amide bonds. The number of carbonyl (C=O) groups excluding carboxylic acids is 1. The Balaban J connectivity index is 1.57. The zero-order valence-corrected chi connectivity index (χ0v) is 10.6. The van der Waals surface area contributed by atoms with Crippen LogP contribution in [0.2, 0.25) is 0 Å². The molecular formula is C15H16N2O2. The van der Waals surface area contributed by atoms with Crippen LogP contribution < -0.4 is 10.1 Å². The quantitative estimate of drug-likeness (QED) is 0.882. The van der Waals surface area contributed by atoms with Crippen molar-refractivity contribution < 1.29 is 9.53 Å². The molecule has 0 radical (unpaired) electrons. The fourth-order valence-electron chi connectivity index (χ4n) is 2.33. The van der Waals surface area contributed by atoms with Gasteiger partial charge in [0, 0.05) is 24.9 Å². The highest BCUT2D eigenvalue weighted by Gasteiger charge is 2.20. The Morgan fingerprint density at radius 2 is 2.26 bits per heavy atom. The first-order valence-electron chi connectivity index (χ1n) is 6.44. The lowest BCUT2D eigenvalue weighted by Gasteiger charge is -2.25. The van der Waals surface area contributed by atoms with Crippen LogP contribution in [0, 0.1) is 5.92 Å². The van der Waals surface area contributed by atoms with Crippen molar-refractivity contribution in [3.8, 4) is 5.75 Å². The molecule has 2 aromatic rings. The number of carbonyl (C=O) groups is 1. The number of benzene rings is 1. The van der Waals surface area contributed by atoms with Crippen LogP contribution >= 0.6 is 0 Å². The average Bonchev–Trinajstić information content (AvgIpc) is 2.99. The maximum atomic E-state index is 11.8. The number of ether oxygens (including phenoxy) is 1. The van der Waals surface area contributed by atoms with Crippen LogP contribution in [0.25, 0.3) is 0 Å². The number of hydrogen-bond acceptors (Lipinski definition) is 2. The van der Waals surface area contributed by atoms with Gasteiger partial charge in [0.25, 0.3) is 5.91 Å². The number of amides is 1. The largest absolute Gasteiger partial charge is 0.493 e. The van der Waals surface area contributed by atoms with Gasteiger partial charge in [0.05, 0.1) is 12.2 Å². The molecule has 19 heavy (non-hydrogen) atoms. The third kappa shape index (κ3) is 2.62. The molecular weight excluding hydrogens is 240 g/mol. The Morgan fingerprint density at radius 3 is 3.11 bits per heavy atom. The van der Waals surface area contributed by atoms with E-state index in [2.05, 4.69) is 16.4 Å². The van der Waals surface area contributed by atoms with E-state index >= 15 is 0 Å².